The van der Waals surface area contributed by atoms with Crippen LogP contribution in [0, 0.1) is 10.1 Å². The number of nitro benzene ring substituents is 1. The Morgan fingerprint density at radius 2 is 2.04 bits per heavy atom. The monoisotopic (exact) mass is 390 g/mol. The van der Waals surface area contributed by atoms with Gasteiger partial charge in [0.05, 0.1) is 21.4 Å². The van der Waals surface area contributed by atoms with Gasteiger partial charge in [-0.2, -0.15) is 0 Å². The van der Waals surface area contributed by atoms with E-state index in [4.69, 9.17) is 16.0 Å². The van der Waals surface area contributed by atoms with Crippen LogP contribution < -0.4 is 5.32 Å². The van der Waals surface area contributed by atoms with Crippen LogP contribution in [-0.2, 0) is 4.79 Å². The maximum Gasteiger partial charge on any atom is 0.277 e. The number of thioether (sulfide) groups is 1. The summed E-state index contributed by atoms with van der Waals surface area (Å²) in [4.78, 5) is 22.3. The SMILES string of the molecule is O=C(CSc1nnc(-c2cccc([N+](=O)[O-])c2)o1)Nc1ccccc1Cl. The number of nitrogens with one attached hydrogen (secondary N) is 1. The first kappa shape index (κ1) is 17.9. The first-order valence-electron chi connectivity index (χ1n) is 7.28. The fourth-order valence-electron chi connectivity index (χ4n) is 2.01. The number of benzene rings is 2. The molecule has 0 unspecified atom stereocenters. The summed E-state index contributed by atoms with van der Waals surface area (Å²) in [7, 11) is 0. The van der Waals surface area contributed by atoms with Crippen LogP contribution in [-0.4, -0.2) is 26.8 Å². The number of carbonyl (C=O) groups is 1. The number of anilines is 1. The lowest BCUT2D eigenvalue weighted by Crippen LogP contribution is -2.14. The quantitative estimate of drug-likeness (QED) is 0.384. The highest BCUT2D eigenvalue weighted by molar-refractivity contribution is 7.99. The first-order valence-corrected chi connectivity index (χ1v) is 8.65. The fraction of sp³-hybridized carbons (Fsp3) is 0.0625. The highest BCUT2D eigenvalue weighted by Gasteiger charge is 2.14. The molecule has 26 heavy (non-hydrogen) atoms. The minimum Gasteiger partial charge on any atom is -0.411 e. The fourth-order valence-corrected chi connectivity index (χ4v) is 2.76. The molecule has 2 aromatic carbocycles. The van der Waals surface area contributed by atoms with Crippen molar-refractivity contribution >= 4 is 40.6 Å². The van der Waals surface area contributed by atoms with E-state index in [0.29, 0.717) is 16.3 Å². The average Bonchev–Trinajstić information content (AvgIpc) is 3.11. The van der Waals surface area contributed by atoms with E-state index in [-0.39, 0.29) is 28.5 Å². The number of rotatable bonds is 6. The molecule has 0 spiro atoms. The predicted molar refractivity (Wildman–Crippen MR) is 97.2 cm³/mol. The van der Waals surface area contributed by atoms with Crippen molar-refractivity contribution in [3.05, 3.63) is 63.7 Å². The molecule has 0 bridgehead atoms. The number of carbonyl (C=O) groups excluding carboxylic acids is 1. The molecule has 0 aliphatic carbocycles. The van der Waals surface area contributed by atoms with Crippen LogP contribution in [0.4, 0.5) is 11.4 Å². The van der Waals surface area contributed by atoms with E-state index in [1.54, 1.807) is 30.3 Å². The number of aromatic nitrogens is 2. The summed E-state index contributed by atoms with van der Waals surface area (Å²) in [5, 5.41) is 21.8. The molecule has 0 radical (unpaired) electrons. The van der Waals surface area contributed by atoms with E-state index in [9.17, 15) is 14.9 Å². The Morgan fingerprint density at radius 1 is 1.23 bits per heavy atom. The van der Waals surface area contributed by atoms with Gasteiger partial charge in [-0.3, -0.25) is 14.9 Å². The molecule has 3 rings (SSSR count). The van der Waals surface area contributed by atoms with E-state index in [1.165, 1.54) is 18.2 Å². The molecular formula is C16H11ClN4O4S. The lowest BCUT2D eigenvalue weighted by molar-refractivity contribution is -0.384. The Balaban J connectivity index is 1.62. The van der Waals surface area contributed by atoms with Crippen LogP contribution >= 0.6 is 23.4 Å². The summed E-state index contributed by atoms with van der Waals surface area (Å²) in [6.45, 7) is 0. The third-order valence-corrected chi connectivity index (χ3v) is 4.33. The molecule has 0 aliphatic heterocycles. The maximum atomic E-state index is 12.0. The normalized spacial score (nSPS) is 10.5. The van der Waals surface area contributed by atoms with Crippen molar-refractivity contribution in [1.82, 2.24) is 10.2 Å². The highest BCUT2D eigenvalue weighted by Crippen LogP contribution is 2.26. The second-order valence-electron chi connectivity index (χ2n) is 5.00. The van der Waals surface area contributed by atoms with Gasteiger partial charge in [0.25, 0.3) is 10.9 Å². The van der Waals surface area contributed by atoms with Crippen molar-refractivity contribution in [3.63, 3.8) is 0 Å². The van der Waals surface area contributed by atoms with E-state index >= 15 is 0 Å². The van der Waals surface area contributed by atoms with Crippen LogP contribution in [0.15, 0.2) is 58.2 Å². The van der Waals surface area contributed by atoms with Gasteiger partial charge >= 0.3 is 0 Å². The molecule has 3 aromatic rings. The van der Waals surface area contributed by atoms with Crippen LogP contribution in [0.2, 0.25) is 5.02 Å². The summed E-state index contributed by atoms with van der Waals surface area (Å²) >= 11 is 7.03. The number of hydrogen-bond donors (Lipinski definition) is 1. The standard InChI is InChI=1S/C16H11ClN4O4S/c17-12-6-1-2-7-13(12)18-14(22)9-26-16-20-19-15(25-16)10-4-3-5-11(8-10)21(23)24/h1-8H,9H2,(H,18,22). The number of para-hydroxylation sites is 1. The summed E-state index contributed by atoms with van der Waals surface area (Å²) in [5.74, 6) is -0.0946. The zero-order valence-corrected chi connectivity index (χ0v) is 14.7. The highest BCUT2D eigenvalue weighted by atomic mass is 35.5. The van der Waals surface area contributed by atoms with Crippen LogP contribution in [0.1, 0.15) is 0 Å². The molecule has 1 heterocycles. The third-order valence-electron chi connectivity index (χ3n) is 3.19. The summed E-state index contributed by atoms with van der Waals surface area (Å²) in [5.41, 5.74) is 0.871. The Kier molecular flexibility index (Phi) is 5.49. The lowest BCUT2D eigenvalue weighted by atomic mass is 10.2. The largest absolute Gasteiger partial charge is 0.411 e. The number of non-ortho nitro benzene ring substituents is 1. The molecule has 8 nitrogen and oxygen atoms in total. The van der Waals surface area contributed by atoms with E-state index < -0.39 is 4.92 Å². The van der Waals surface area contributed by atoms with E-state index in [2.05, 4.69) is 15.5 Å². The van der Waals surface area contributed by atoms with Gasteiger partial charge in [0.2, 0.25) is 11.8 Å². The van der Waals surface area contributed by atoms with Crippen molar-refractivity contribution in [2.45, 2.75) is 5.22 Å². The van der Waals surface area contributed by atoms with Crippen LogP contribution in [0.5, 0.6) is 0 Å². The second kappa shape index (κ2) is 7.98. The molecule has 0 aliphatic rings. The Bertz CT molecular complexity index is 963. The smallest absolute Gasteiger partial charge is 0.277 e. The Hall–Kier alpha value is -2.91. The molecule has 132 valence electrons. The molecule has 1 N–H and O–H groups in total. The third kappa shape index (κ3) is 4.38. The molecule has 1 aromatic heterocycles. The van der Waals surface area contributed by atoms with Crippen molar-refractivity contribution in [3.8, 4) is 11.5 Å². The van der Waals surface area contributed by atoms with Gasteiger partial charge in [-0.1, -0.05) is 41.6 Å². The van der Waals surface area contributed by atoms with Gasteiger partial charge in [-0.25, -0.2) is 0 Å². The zero-order valence-electron chi connectivity index (χ0n) is 13.1. The Morgan fingerprint density at radius 3 is 2.81 bits per heavy atom. The van der Waals surface area contributed by atoms with Crippen molar-refractivity contribution < 1.29 is 14.1 Å². The zero-order chi connectivity index (χ0) is 18.5. The second-order valence-corrected chi connectivity index (χ2v) is 6.33. The van der Waals surface area contributed by atoms with Crippen molar-refractivity contribution in [2.24, 2.45) is 0 Å². The van der Waals surface area contributed by atoms with E-state index in [1.807, 2.05) is 0 Å². The van der Waals surface area contributed by atoms with E-state index in [0.717, 1.165) is 11.8 Å². The van der Waals surface area contributed by atoms with Gasteiger partial charge in [0.15, 0.2) is 0 Å². The molecule has 10 heteroatoms. The van der Waals surface area contributed by atoms with Gasteiger partial charge in [0, 0.05) is 17.7 Å². The summed E-state index contributed by atoms with van der Waals surface area (Å²) in [6, 6.07) is 12.8. The predicted octanol–water partition coefficient (Wildman–Crippen LogP) is 4.03. The van der Waals surface area contributed by atoms with Gasteiger partial charge in [0.1, 0.15) is 0 Å². The van der Waals surface area contributed by atoms with Crippen molar-refractivity contribution in [1.29, 1.82) is 0 Å². The van der Waals surface area contributed by atoms with Crippen LogP contribution in [0.25, 0.3) is 11.5 Å². The summed E-state index contributed by atoms with van der Waals surface area (Å²) < 4.78 is 5.44. The molecule has 1 amide bonds. The Labute approximate surface area is 156 Å². The number of nitro groups is 1. The van der Waals surface area contributed by atoms with Gasteiger partial charge in [-0.15, -0.1) is 10.2 Å². The number of nitrogens with zero attached hydrogens (tertiary/aromatic N) is 3. The van der Waals surface area contributed by atoms with Gasteiger partial charge in [-0.05, 0) is 18.2 Å². The van der Waals surface area contributed by atoms with Crippen LogP contribution in [0.3, 0.4) is 0 Å². The average molecular weight is 391 g/mol. The molecular weight excluding hydrogens is 380 g/mol. The molecule has 0 saturated heterocycles. The first-order chi connectivity index (χ1) is 12.5. The minimum absolute atomic E-state index is 0.0434. The molecule has 0 atom stereocenters. The molecule has 0 fully saturated rings. The number of hydrogen-bond acceptors (Lipinski definition) is 7. The minimum atomic E-state index is -0.505. The summed E-state index contributed by atoms with van der Waals surface area (Å²) in [6.07, 6.45) is 0. The topological polar surface area (TPSA) is 111 Å². The maximum absolute atomic E-state index is 12.0. The van der Waals surface area contributed by atoms with Gasteiger partial charge < -0.3 is 9.73 Å². The molecule has 0 saturated carbocycles. The number of amides is 1. The number of halogens is 1. The van der Waals surface area contributed by atoms with Crippen molar-refractivity contribution in [2.75, 3.05) is 11.1 Å². The lowest BCUT2D eigenvalue weighted by Gasteiger charge is -2.05.